The molecule has 1 atom stereocenters. The number of rotatable bonds is 1. The number of amides is 1. The van der Waals surface area contributed by atoms with Crippen molar-refractivity contribution in [2.45, 2.75) is 32.4 Å². The molecule has 1 unspecified atom stereocenters. The number of hydrogen-bond acceptors (Lipinski definition) is 2. The van der Waals surface area contributed by atoms with Gasteiger partial charge in [0.25, 0.3) is 5.91 Å². The van der Waals surface area contributed by atoms with Gasteiger partial charge in [-0.1, -0.05) is 0 Å². The first-order valence-electron chi connectivity index (χ1n) is 3.43. The summed E-state index contributed by atoms with van der Waals surface area (Å²) >= 11 is 0. The smallest absolute Gasteiger partial charge is 0.251 e. The van der Waals surface area contributed by atoms with Gasteiger partial charge in [0.15, 0.2) is 6.10 Å². The Balaban J connectivity index is 2.30. The number of carbonyl (C=O) groups excluding carboxylic acids is 1. The van der Waals surface area contributed by atoms with Crippen molar-refractivity contribution in [1.82, 2.24) is 5.32 Å². The summed E-state index contributed by atoms with van der Waals surface area (Å²) < 4.78 is 4.80. The minimum atomic E-state index is -0.167. The Bertz CT molecular complexity index is 144. The predicted molar refractivity (Wildman–Crippen MR) is 37.6 cm³/mol. The number of epoxide rings is 1. The predicted octanol–water partition coefficient (Wildman–Crippen LogP) is 0.300. The fraction of sp³-hybridized carbons (Fsp3) is 0.857. The van der Waals surface area contributed by atoms with Gasteiger partial charge in [-0.05, 0) is 20.8 Å². The van der Waals surface area contributed by atoms with Gasteiger partial charge in [-0.25, -0.2) is 0 Å². The molecule has 3 heteroatoms. The van der Waals surface area contributed by atoms with E-state index in [2.05, 4.69) is 5.32 Å². The lowest BCUT2D eigenvalue weighted by molar-refractivity contribution is -0.123. The van der Waals surface area contributed by atoms with E-state index in [0.717, 1.165) is 0 Å². The molecule has 1 fully saturated rings. The van der Waals surface area contributed by atoms with Gasteiger partial charge in [-0.2, -0.15) is 0 Å². The Hall–Kier alpha value is -0.570. The van der Waals surface area contributed by atoms with Crippen LogP contribution >= 0.6 is 0 Å². The van der Waals surface area contributed by atoms with Crippen molar-refractivity contribution in [3.05, 3.63) is 0 Å². The van der Waals surface area contributed by atoms with Crippen molar-refractivity contribution < 1.29 is 9.53 Å². The Kier molecular flexibility index (Phi) is 1.68. The summed E-state index contributed by atoms with van der Waals surface area (Å²) in [5, 5.41) is 2.82. The average molecular weight is 143 g/mol. The third-order valence-corrected chi connectivity index (χ3v) is 1.12. The Morgan fingerprint density at radius 3 is 2.40 bits per heavy atom. The van der Waals surface area contributed by atoms with Gasteiger partial charge in [0.2, 0.25) is 0 Å². The van der Waals surface area contributed by atoms with Gasteiger partial charge in [-0.15, -0.1) is 0 Å². The first-order chi connectivity index (χ1) is 4.49. The fourth-order valence-corrected chi connectivity index (χ4v) is 0.650. The highest BCUT2D eigenvalue weighted by atomic mass is 16.6. The molecule has 58 valence electrons. The van der Waals surface area contributed by atoms with Crippen molar-refractivity contribution >= 4 is 5.91 Å². The van der Waals surface area contributed by atoms with Crippen LogP contribution in [0.1, 0.15) is 20.8 Å². The Morgan fingerprint density at radius 2 is 2.10 bits per heavy atom. The molecule has 1 rings (SSSR count). The fourth-order valence-electron chi connectivity index (χ4n) is 0.650. The van der Waals surface area contributed by atoms with Crippen molar-refractivity contribution in [3.63, 3.8) is 0 Å². The van der Waals surface area contributed by atoms with Crippen LogP contribution in [0.3, 0.4) is 0 Å². The highest BCUT2D eigenvalue weighted by Gasteiger charge is 2.32. The molecule has 0 saturated carbocycles. The molecule has 0 spiro atoms. The zero-order valence-electron chi connectivity index (χ0n) is 6.60. The number of nitrogens with one attached hydrogen (secondary N) is 1. The van der Waals surface area contributed by atoms with Crippen molar-refractivity contribution in [3.8, 4) is 0 Å². The molecule has 0 bridgehead atoms. The topological polar surface area (TPSA) is 41.6 Å². The van der Waals surface area contributed by atoms with Gasteiger partial charge in [0, 0.05) is 5.54 Å². The van der Waals surface area contributed by atoms with Crippen LogP contribution in [0.4, 0.5) is 0 Å². The molecule has 0 aromatic heterocycles. The van der Waals surface area contributed by atoms with E-state index in [1.807, 2.05) is 20.8 Å². The minimum absolute atomic E-state index is 0.00694. The normalized spacial score (nSPS) is 24.1. The summed E-state index contributed by atoms with van der Waals surface area (Å²) in [4.78, 5) is 11.0. The second-order valence-electron chi connectivity index (χ2n) is 3.56. The minimum Gasteiger partial charge on any atom is -0.363 e. The van der Waals surface area contributed by atoms with E-state index in [1.165, 1.54) is 0 Å². The molecule has 1 saturated heterocycles. The van der Waals surface area contributed by atoms with Crippen molar-refractivity contribution in [1.29, 1.82) is 0 Å². The quantitative estimate of drug-likeness (QED) is 0.536. The maximum atomic E-state index is 11.0. The molecule has 1 heterocycles. The highest BCUT2D eigenvalue weighted by molar-refractivity contribution is 5.83. The van der Waals surface area contributed by atoms with E-state index in [0.29, 0.717) is 6.61 Å². The van der Waals surface area contributed by atoms with Crippen LogP contribution in [-0.4, -0.2) is 24.2 Å². The van der Waals surface area contributed by atoms with Crippen LogP contribution < -0.4 is 5.32 Å². The SMILES string of the molecule is CC(C)(C)NC(=O)C1CO1. The van der Waals surface area contributed by atoms with E-state index < -0.39 is 0 Å². The van der Waals surface area contributed by atoms with Crippen LogP contribution in [0.5, 0.6) is 0 Å². The lowest BCUT2D eigenvalue weighted by Crippen LogP contribution is -2.42. The molecule has 1 N–H and O–H groups in total. The highest BCUT2D eigenvalue weighted by Crippen LogP contribution is 2.10. The largest absolute Gasteiger partial charge is 0.363 e. The lowest BCUT2D eigenvalue weighted by atomic mass is 10.1. The molecule has 0 aliphatic carbocycles. The molecule has 1 aliphatic rings. The summed E-state index contributed by atoms with van der Waals surface area (Å²) in [6.07, 6.45) is -0.167. The van der Waals surface area contributed by atoms with E-state index in [4.69, 9.17) is 4.74 Å². The Labute approximate surface area is 60.7 Å². The van der Waals surface area contributed by atoms with Crippen LogP contribution in [-0.2, 0) is 9.53 Å². The first kappa shape index (κ1) is 7.54. The zero-order chi connectivity index (χ0) is 7.78. The van der Waals surface area contributed by atoms with Crippen molar-refractivity contribution in [2.75, 3.05) is 6.61 Å². The van der Waals surface area contributed by atoms with E-state index in [1.54, 1.807) is 0 Å². The average Bonchev–Trinajstić information content (AvgIpc) is 2.35. The standard InChI is InChI=1S/C7H13NO2/c1-7(2,3)8-6(9)5-4-10-5/h5H,4H2,1-3H3,(H,8,9). The van der Waals surface area contributed by atoms with Gasteiger partial charge in [0.05, 0.1) is 6.61 Å². The van der Waals surface area contributed by atoms with Gasteiger partial charge >= 0.3 is 0 Å². The first-order valence-corrected chi connectivity index (χ1v) is 3.43. The zero-order valence-corrected chi connectivity index (χ0v) is 6.60. The summed E-state index contributed by atoms with van der Waals surface area (Å²) in [6.45, 7) is 6.44. The van der Waals surface area contributed by atoms with Crippen molar-refractivity contribution in [2.24, 2.45) is 0 Å². The molecule has 0 aromatic carbocycles. The Morgan fingerprint density at radius 1 is 1.60 bits per heavy atom. The molecular formula is C7H13NO2. The van der Waals surface area contributed by atoms with Crippen LogP contribution in [0, 0.1) is 0 Å². The van der Waals surface area contributed by atoms with Gasteiger partial charge in [0.1, 0.15) is 0 Å². The monoisotopic (exact) mass is 143 g/mol. The maximum Gasteiger partial charge on any atom is 0.251 e. The third kappa shape index (κ3) is 2.35. The van der Waals surface area contributed by atoms with E-state index in [9.17, 15) is 4.79 Å². The molecule has 3 nitrogen and oxygen atoms in total. The summed E-state index contributed by atoms with van der Waals surface area (Å²) in [7, 11) is 0. The van der Waals surface area contributed by atoms with Crippen LogP contribution in [0.25, 0.3) is 0 Å². The number of hydrogen-bond donors (Lipinski definition) is 1. The van der Waals surface area contributed by atoms with Crippen LogP contribution in [0.15, 0.2) is 0 Å². The summed E-state index contributed by atoms with van der Waals surface area (Å²) in [5.41, 5.74) is -0.136. The molecular weight excluding hydrogens is 130 g/mol. The molecule has 1 amide bonds. The summed E-state index contributed by atoms with van der Waals surface area (Å²) in [5.74, 6) is 0.00694. The van der Waals surface area contributed by atoms with E-state index >= 15 is 0 Å². The maximum absolute atomic E-state index is 11.0. The number of ether oxygens (including phenoxy) is 1. The number of carbonyl (C=O) groups is 1. The lowest BCUT2D eigenvalue weighted by Gasteiger charge is -2.19. The van der Waals surface area contributed by atoms with Crippen LogP contribution in [0.2, 0.25) is 0 Å². The third-order valence-electron chi connectivity index (χ3n) is 1.12. The molecule has 0 radical (unpaired) electrons. The second-order valence-corrected chi connectivity index (χ2v) is 3.56. The summed E-state index contributed by atoms with van der Waals surface area (Å²) in [6, 6.07) is 0. The second kappa shape index (κ2) is 2.23. The van der Waals surface area contributed by atoms with E-state index in [-0.39, 0.29) is 17.6 Å². The molecule has 10 heavy (non-hydrogen) atoms. The molecule has 0 aromatic rings. The van der Waals surface area contributed by atoms with Gasteiger partial charge < -0.3 is 10.1 Å². The van der Waals surface area contributed by atoms with Gasteiger partial charge in [-0.3, -0.25) is 4.79 Å². The molecule has 1 aliphatic heterocycles.